The van der Waals surface area contributed by atoms with Crippen molar-refractivity contribution in [2.24, 2.45) is 4.99 Å². The molecule has 3 heterocycles. The van der Waals surface area contributed by atoms with E-state index in [1.54, 1.807) is 7.05 Å². The van der Waals surface area contributed by atoms with E-state index in [9.17, 15) is 9.59 Å². The smallest absolute Gasteiger partial charge is 0.273 e. The average molecular weight is 430 g/mol. The van der Waals surface area contributed by atoms with Gasteiger partial charge in [-0.2, -0.15) is 0 Å². The van der Waals surface area contributed by atoms with Gasteiger partial charge < -0.3 is 19.4 Å². The highest BCUT2D eigenvalue weighted by atomic mass is 16.5. The summed E-state index contributed by atoms with van der Waals surface area (Å²) in [5.41, 5.74) is 4.73. The van der Waals surface area contributed by atoms with Crippen molar-refractivity contribution in [2.75, 3.05) is 18.6 Å². The second kappa shape index (κ2) is 7.96. The summed E-state index contributed by atoms with van der Waals surface area (Å²) in [5, 5.41) is 2.73. The van der Waals surface area contributed by atoms with E-state index in [-0.39, 0.29) is 18.2 Å². The molecule has 8 heteroatoms. The van der Waals surface area contributed by atoms with Gasteiger partial charge in [0.1, 0.15) is 24.7 Å². The van der Waals surface area contributed by atoms with Crippen molar-refractivity contribution in [3.05, 3.63) is 71.4 Å². The van der Waals surface area contributed by atoms with Gasteiger partial charge in [-0.1, -0.05) is 30.3 Å². The second-order valence-electron chi connectivity index (χ2n) is 8.00. The van der Waals surface area contributed by atoms with Crippen LogP contribution in [-0.2, 0) is 17.6 Å². The predicted molar refractivity (Wildman–Crippen MR) is 119 cm³/mol. The van der Waals surface area contributed by atoms with Crippen LogP contribution in [0.1, 0.15) is 34.4 Å². The van der Waals surface area contributed by atoms with E-state index in [2.05, 4.69) is 15.3 Å². The highest BCUT2D eigenvalue weighted by molar-refractivity contribution is 6.03. The molecular formula is C24H22N4O4. The maximum atomic E-state index is 13.0. The summed E-state index contributed by atoms with van der Waals surface area (Å²) in [7, 11) is 1.67. The number of carbonyl (C=O) groups is 2. The lowest BCUT2D eigenvalue weighted by Crippen LogP contribution is -2.49. The first-order valence-electron chi connectivity index (χ1n) is 10.4. The predicted octanol–water partition coefficient (Wildman–Crippen LogP) is 3.07. The van der Waals surface area contributed by atoms with E-state index in [0.29, 0.717) is 23.7 Å². The summed E-state index contributed by atoms with van der Waals surface area (Å²) in [6.45, 7) is 2.00. The second-order valence-corrected chi connectivity index (χ2v) is 8.00. The minimum atomic E-state index is -0.853. The van der Waals surface area contributed by atoms with Crippen LogP contribution < -0.4 is 15.0 Å². The number of aromatic nitrogens is 1. The molecule has 0 saturated carbocycles. The fourth-order valence-electron chi connectivity index (χ4n) is 3.94. The van der Waals surface area contributed by atoms with E-state index in [4.69, 9.17) is 9.15 Å². The van der Waals surface area contributed by atoms with E-state index in [1.807, 2.05) is 49.4 Å². The van der Waals surface area contributed by atoms with Crippen LogP contribution in [0.5, 0.6) is 5.75 Å². The van der Waals surface area contributed by atoms with Crippen molar-refractivity contribution in [3.8, 4) is 5.75 Å². The fourth-order valence-corrected chi connectivity index (χ4v) is 3.94. The molecule has 2 amide bonds. The number of aliphatic imine (C=N–C) groups is 1. The highest BCUT2D eigenvalue weighted by Crippen LogP contribution is 2.39. The zero-order valence-electron chi connectivity index (χ0n) is 17.8. The number of rotatable bonds is 4. The molecule has 0 aliphatic carbocycles. The van der Waals surface area contributed by atoms with Crippen LogP contribution in [0.15, 0.2) is 58.1 Å². The molecule has 32 heavy (non-hydrogen) atoms. The number of hydrogen-bond donors (Lipinski definition) is 1. The van der Waals surface area contributed by atoms with Crippen LogP contribution in [0.4, 0.5) is 11.4 Å². The van der Waals surface area contributed by atoms with Crippen molar-refractivity contribution >= 4 is 28.9 Å². The summed E-state index contributed by atoms with van der Waals surface area (Å²) in [4.78, 5) is 36.1. The minimum Gasteiger partial charge on any atom is -0.489 e. The normalized spacial score (nSPS) is 17.2. The molecule has 8 nitrogen and oxygen atoms in total. The Morgan fingerprint density at radius 1 is 1.25 bits per heavy atom. The number of hydrogen-bond acceptors (Lipinski definition) is 6. The number of ether oxygens (including phenoxy) is 1. The van der Waals surface area contributed by atoms with Crippen LogP contribution in [0.3, 0.4) is 0 Å². The van der Waals surface area contributed by atoms with Crippen LogP contribution in [-0.4, -0.2) is 42.2 Å². The summed E-state index contributed by atoms with van der Waals surface area (Å²) in [6, 6.07) is 12.6. The third-order valence-electron chi connectivity index (χ3n) is 5.60. The van der Waals surface area contributed by atoms with Gasteiger partial charge in [0.05, 0.1) is 11.4 Å². The third kappa shape index (κ3) is 3.75. The lowest BCUT2D eigenvalue weighted by atomic mass is 10.1. The Kier molecular flexibility index (Phi) is 4.97. The first-order valence-corrected chi connectivity index (χ1v) is 10.4. The van der Waals surface area contributed by atoms with E-state index < -0.39 is 11.9 Å². The summed E-state index contributed by atoms with van der Waals surface area (Å²) >= 11 is 0. The number of carbonyl (C=O) groups excluding carboxylic acids is 2. The molecule has 1 aromatic heterocycles. The molecule has 1 N–H and O–H groups in total. The minimum absolute atomic E-state index is 0.0231. The third-order valence-corrected chi connectivity index (χ3v) is 5.60. The molecule has 1 atom stereocenters. The van der Waals surface area contributed by atoms with Gasteiger partial charge in [-0.3, -0.25) is 14.6 Å². The monoisotopic (exact) mass is 430 g/mol. The molecule has 0 fully saturated rings. The average Bonchev–Trinajstić information content (AvgIpc) is 3.38. The number of anilines is 1. The van der Waals surface area contributed by atoms with Crippen LogP contribution in [0.25, 0.3) is 0 Å². The Morgan fingerprint density at radius 3 is 2.88 bits per heavy atom. The Labute approximate surface area is 184 Å². The maximum absolute atomic E-state index is 13.0. The lowest BCUT2D eigenvalue weighted by molar-refractivity contribution is -0.120. The summed E-state index contributed by atoms with van der Waals surface area (Å²) in [6.07, 6.45) is 2.55. The van der Waals surface area contributed by atoms with Gasteiger partial charge in [-0.15, -0.1) is 0 Å². The number of benzene rings is 2. The van der Waals surface area contributed by atoms with Gasteiger partial charge in [-0.05, 0) is 30.2 Å². The van der Waals surface area contributed by atoms with Gasteiger partial charge in [0.25, 0.3) is 11.8 Å². The SMILES string of the molecule is CC1=Nc2cc3c(cc2C1)OC[C@H](NC(=O)c1coc(Cc2ccccc2)n1)C(=O)N3C. The zero-order valence-corrected chi connectivity index (χ0v) is 17.8. The zero-order chi connectivity index (χ0) is 22.2. The number of nitrogens with one attached hydrogen (secondary N) is 1. The topological polar surface area (TPSA) is 97.0 Å². The fraction of sp³-hybridized carbons (Fsp3) is 0.250. The van der Waals surface area contributed by atoms with E-state index >= 15 is 0 Å². The Bertz CT molecular complexity index is 1230. The lowest BCUT2D eigenvalue weighted by Gasteiger charge is -2.20. The summed E-state index contributed by atoms with van der Waals surface area (Å²) < 4.78 is 11.4. The molecule has 0 radical (unpaired) electrons. The number of likely N-dealkylation sites (N-methyl/N-ethyl adjacent to an activating group) is 1. The molecule has 3 aromatic rings. The van der Waals surface area contributed by atoms with Crippen LogP contribution >= 0.6 is 0 Å². The molecule has 0 spiro atoms. The van der Waals surface area contributed by atoms with E-state index in [0.717, 1.165) is 28.9 Å². The van der Waals surface area contributed by atoms with Gasteiger partial charge in [0, 0.05) is 25.6 Å². The summed E-state index contributed by atoms with van der Waals surface area (Å²) in [5.74, 6) is 0.272. The molecule has 2 aliphatic rings. The maximum Gasteiger partial charge on any atom is 0.273 e. The number of nitrogens with zero attached hydrogens (tertiary/aromatic N) is 3. The van der Waals surface area contributed by atoms with Crippen molar-refractivity contribution in [3.63, 3.8) is 0 Å². The van der Waals surface area contributed by atoms with Crippen molar-refractivity contribution in [2.45, 2.75) is 25.8 Å². The largest absolute Gasteiger partial charge is 0.489 e. The van der Waals surface area contributed by atoms with Gasteiger partial charge >= 0.3 is 0 Å². The van der Waals surface area contributed by atoms with E-state index in [1.165, 1.54) is 11.2 Å². The van der Waals surface area contributed by atoms with Crippen LogP contribution in [0.2, 0.25) is 0 Å². The molecule has 0 saturated heterocycles. The standard InChI is InChI=1S/C24H22N4O4/c1-14-8-16-10-21-20(11-17(16)25-14)28(2)24(30)19(13-31-21)27-23(29)18-12-32-22(26-18)9-15-6-4-3-5-7-15/h3-7,10-12,19H,8-9,13H2,1-2H3,(H,27,29)/t19-/m0/s1. The van der Waals surface area contributed by atoms with Crippen molar-refractivity contribution in [1.29, 1.82) is 0 Å². The van der Waals surface area contributed by atoms with Gasteiger partial charge in [-0.25, -0.2) is 4.98 Å². The first kappa shape index (κ1) is 20.0. The molecule has 162 valence electrons. The van der Waals surface area contributed by atoms with Crippen molar-refractivity contribution in [1.82, 2.24) is 10.3 Å². The number of oxazole rings is 1. The molecule has 5 rings (SSSR count). The highest BCUT2D eigenvalue weighted by Gasteiger charge is 2.32. The molecule has 2 aromatic carbocycles. The first-order chi connectivity index (χ1) is 15.5. The van der Waals surface area contributed by atoms with Crippen molar-refractivity contribution < 1.29 is 18.7 Å². The Hall–Kier alpha value is -3.94. The molecule has 0 unspecified atom stereocenters. The Balaban J connectivity index is 1.30. The number of amides is 2. The molecule has 0 bridgehead atoms. The van der Waals surface area contributed by atoms with Gasteiger partial charge in [0.15, 0.2) is 11.6 Å². The van der Waals surface area contributed by atoms with Gasteiger partial charge in [0.2, 0.25) is 0 Å². The van der Waals surface area contributed by atoms with Crippen LogP contribution in [0, 0.1) is 0 Å². The quantitative estimate of drug-likeness (QED) is 0.686. The number of fused-ring (bicyclic) bond motifs is 2. The molecule has 2 aliphatic heterocycles. The molecular weight excluding hydrogens is 408 g/mol. The Morgan fingerprint density at radius 2 is 2.06 bits per heavy atom.